The lowest BCUT2D eigenvalue weighted by Crippen LogP contribution is -2.03. The van der Waals surface area contributed by atoms with Crippen LogP contribution in [-0.4, -0.2) is 20.3 Å². The lowest BCUT2D eigenvalue weighted by molar-refractivity contribution is 0.222. The fraction of sp³-hybridized carbons (Fsp3) is 0.833. The Morgan fingerprint density at radius 2 is 2.21 bits per heavy atom. The van der Waals surface area contributed by atoms with E-state index in [4.69, 9.17) is 10.5 Å². The number of nitrogens with two attached hydrogens (primary N) is 1. The summed E-state index contributed by atoms with van der Waals surface area (Å²) < 4.78 is 5.17. The minimum Gasteiger partial charge on any atom is -0.380 e. The average Bonchev–Trinajstić information content (AvgIpc) is 2.15. The van der Waals surface area contributed by atoms with Crippen molar-refractivity contribution in [3.05, 3.63) is 11.6 Å². The van der Waals surface area contributed by atoms with E-state index in [1.165, 1.54) is 18.4 Å². The Hall–Kier alpha value is -0.340. The fourth-order valence-corrected chi connectivity index (χ4v) is 1.66. The second-order valence-electron chi connectivity index (χ2n) is 3.92. The molecule has 84 valence electrons. The van der Waals surface area contributed by atoms with Crippen LogP contribution in [-0.2, 0) is 4.74 Å². The Bertz CT molecular complexity index is 154. The highest BCUT2D eigenvalue weighted by Crippen LogP contribution is 2.13. The van der Waals surface area contributed by atoms with Gasteiger partial charge in [0.25, 0.3) is 0 Å². The van der Waals surface area contributed by atoms with Crippen molar-refractivity contribution in [2.24, 2.45) is 11.7 Å². The van der Waals surface area contributed by atoms with E-state index in [1.54, 1.807) is 7.11 Å². The number of methoxy groups -OCH3 is 1. The molecule has 14 heavy (non-hydrogen) atoms. The van der Waals surface area contributed by atoms with Gasteiger partial charge in [0, 0.05) is 7.11 Å². The molecule has 0 fully saturated rings. The first-order chi connectivity index (χ1) is 6.74. The van der Waals surface area contributed by atoms with Gasteiger partial charge in [-0.05, 0) is 37.3 Å². The average molecular weight is 199 g/mol. The molecule has 0 rings (SSSR count). The largest absolute Gasteiger partial charge is 0.380 e. The topological polar surface area (TPSA) is 35.2 Å². The van der Waals surface area contributed by atoms with Crippen molar-refractivity contribution >= 4 is 0 Å². The third-order valence-corrected chi connectivity index (χ3v) is 2.30. The predicted molar refractivity (Wildman–Crippen MR) is 62.3 cm³/mol. The van der Waals surface area contributed by atoms with Crippen LogP contribution in [0.1, 0.15) is 39.5 Å². The van der Waals surface area contributed by atoms with Gasteiger partial charge in [-0.25, -0.2) is 0 Å². The zero-order chi connectivity index (χ0) is 10.8. The molecule has 0 aromatic rings. The molecule has 0 aliphatic carbocycles. The smallest absolute Gasteiger partial charge is 0.0673 e. The summed E-state index contributed by atoms with van der Waals surface area (Å²) in [7, 11) is 1.75. The molecule has 2 N–H and O–H groups in total. The number of rotatable bonds is 8. The van der Waals surface area contributed by atoms with Gasteiger partial charge < -0.3 is 10.5 Å². The Morgan fingerprint density at radius 3 is 2.71 bits per heavy atom. The number of hydrogen-bond donors (Lipinski definition) is 1. The molecule has 0 aliphatic heterocycles. The molecule has 0 aromatic carbocycles. The predicted octanol–water partition coefficient (Wildman–Crippen LogP) is 2.73. The van der Waals surface area contributed by atoms with Crippen molar-refractivity contribution < 1.29 is 4.74 Å². The highest BCUT2D eigenvalue weighted by molar-refractivity contribution is 5.04. The molecule has 1 atom stereocenters. The van der Waals surface area contributed by atoms with Crippen LogP contribution in [0.15, 0.2) is 11.6 Å². The van der Waals surface area contributed by atoms with E-state index in [9.17, 15) is 0 Å². The normalized spacial score (nSPS) is 14.4. The van der Waals surface area contributed by atoms with Gasteiger partial charge in [-0.15, -0.1) is 0 Å². The third kappa shape index (κ3) is 7.10. The Morgan fingerprint density at radius 1 is 1.50 bits per heavy atom. The molecule has 0 aliphatic rings. The van der Waals surface area contributed by atoms with E-state index in [0.29, 0.717) is 5.92 Å². The molecule has 0 aromatic heterocycles. The van der Waals surface area contributed by atoms with Crippen LogP contribution in [0.5, 0.6) is 0 Å². The molecule has 0 saturated carbocycles. The molecule has 0 radical (unpaired) electrons. The summed E-state index contributed by atoms with van der Waals surface area (Å²) >= 11 is 0. The van der Waals surface area contributed by atoms with Gasteiger partial charge in [0.1, 0.15) is 0 Å². The van der Waals surface area contributed by atoms with Gasteiger partial charge in [0.05, 0.1) is 6.61 Å². The van der Waals surface area contributed by atoms with Crippen LogP contribution >= 0.6 is 0 Å². The zero-order valence-corrected chi connectivity index (χ0v) is 9.88. The SMILES string of the molecule is CCCC(C)/C=C(/CCCN)COC. The monoisotopic (exact) mass is 199 g/mol. The molecular formula is C12H25NO. The highest BCUT2D eigenvalue weighted by atomic mass is 16.5. The van der Waals surface area contributed by atoms with Crippen molar-refractivity contribution in [1.82, 2.24) is 0 Å². The molecule has 2 heteroatoms. The van der Waals surface area contributed by atoms with Crippen molar-refractivity contribution in [2.45, 2.75) is 39.5 Å². The first kappa shape index (κ1) is 13.7. The summed E-state index contributed by atoms with van der Waals surface area (Å²) in [6, 6.07) is 0. The Kier molecular flexibility index (Phi) is 9.00. The van der Waals surface area contributed by atoms with Gasteiger partial charge in [-0.3, -0.25) is 0 Å². The van der Waals surface area contributed by atoms with Crippen LogP contribution in [0.3, 0.4) is 0 Å². The zero-order valence-electron chi connectivity index (χ0n) is 9.88. The van der Waals surface area contributed by atoms with Crippen LogP contribution in [0.4, 0.5) is 0 Å². The van der Waals surface area contributed by atoms with E-state index in [1.807, 2.05) is 0 Å². The maximum absolute atomic E-state index is 5.49. The first-order valence-electron chi connectivity index (χ1n) is 5.63. The summed E-state index contributed by atoms with van der Waals surface area (Å²) in [5, 5.41) is 0. The molecule has 0 bridgehead atoms. The van der Waals surface area contributed by atoms with Crippen molar-refractivity contribution in [3.8, 4) is 0 Å². The van der Waals surface area contributed by atoms with Crippen molar-refractivity contribution in [1.29, 1.82) is 0 Å². The molecule has 1 unspecified atom stereocenters. The quantitative estimate of drug-likeness (QED) is 0.610. The van der Waals surface area contributed by atoms with Crippen molar-refractivity contribution in [3.63, 3.8) is 0 Å². The second kappa shape index (κ2) is 9.22. The molecule has 0 saturated heterocycles. The second-order valence-corrected chi connectivity index (χ2v) is 3.92. The highest BCUT2D eigenvalue weighted by Gasteiger charge is 2.01. The molecule has 0 heterocycles. The van der Waals surface area contributed by atoms with Gasteiger partial charge in [-0.1, -0.05) is 26.3 Å². The van der Waals surface area contributed by atoms with Crippen LogP contribution in [0, 0.1) is 5.92 Å². The van der Waals surface area contributed by atoms with Crippen LogP contribution in [0.2, 0.25) is 0 Å². The Balaban J connectivity index is 4.01. The molecular weight excluding hydrogens is 174 g/mol. The first-order valence-corrected chi connectivity index (χ1v) is 5.63. The minimum absolute atomic E-state index is 0.669. The van der Waals surface area contributed by atoms with E-state index >= 15 is 0 Å². The minimum atomic E-state index is 0.669. The maximum atomic E-state index is 5.49. The number of hydrogen-bond acceptors (Lipinski definition) is 2. The van der Waals surface area contributed by atoms with Gasteiger partial charge >= 0.3 is 0 Å². The van der Waals surface area contributed by atoms with Crippen LogP contribution < -0.4 is 5.73 Å². The third-order valence-electron chi connectivity index (χ3n) is 2.30. The van der Waals surface area contributed by atoms with E-state index in [2.05, 4.69) is 19.9 Å². The van der Waals surface area contributed by atoms with Gasteiger partial charge in [-0.2, -0.15) is 0 Å². The number of allylic oxidation sites excluding steroid dienone is 1. The maximum Gasteiger partial charge on any atom is 0.0673 e. The fourth-order valence-electron chi connectivity index (χ4n) is 1.66. The standard InChI is InChI=1S/C12H25NO/c1-4-6-11(2)9-12(10-14-3)7-5-8-13/h9,11H,4-8,10,13H2,1-3H3/b12-9-. The Labute approximate surface area is 88.5 Å². The molecule has 2 nitrogen and oxygen atoms in total. The van der Waals surface area contributed by atoms with Gasteiger partial charge in [0.2, 0.25) is 0 Å². The lowest BCUT2D eigenvalue weighted by atomic mass is 10.0. The molecule has 0 amide bonds. The van der Waals surface area contributed by atoms with E-state index < -0.39 is 0 Å². The van der Waals surface area contributed by atoms with Crippen LogP contribution in [0.25, 0.3) is 0 Å². The molecule has 0 spiro atoms. The van der Waals surface area contributed by atoms with E-state index in [0.717, 1.165) is 26.0 Å². The summed E-state index contributed by atoms with van der Waals surface area (Å²) in [6.45, 7) is 6.01. The number of ether oxygens (including phenoxy) is 1. The van der Waals surface area contributed by atoms with Gasteiger partial charge in [0.15, 0.2) is 0 Å². The van der Waals surface area contributed by atoms with Crippen molar-refractivity contribution in [2.75, 3.05) is 20.3 Å². The van der Waals surface area contributed by atoms with E-state index in [-0.39, 0.29) is 0 Å². The summed E-state index contributed by atoms with van der Waals surface area (Å²) in [5.74, 6) is 0.669. The lowest BCUT2D eigenvalue weighted by Gasteiger charge is -2.10. The summed E-state index contributed by atoms with van der Waals surface area (Å²) in [4.78, 5) is 0. The summed E-state index contributed by atoms with van der Waals surface area (Å²) in [5.41, 5.74) is 6.90. The summed E-state index contributed by atoms with van der Waals surface area (Å²) in [6.07, 6.45) is 7.00.